The molecule has 2 fully saturated rings. The lowest BCUT2D eigenvalue weighted by Crippen LogP contribution is -2.63. The fourth-order valence-electron chi connectivity index (χ4n) is 4.30. The number of amides is 1. The Morgan fingerprint density at radius 1 is 1.17 bits per heavy atom. The van der Waals surface area contributed by atoms with Crippen LogP contribution in [0.25, 0.3) is 10.9 Å². The van der Waals surface area contributed by atoms with Gasteiger partial charge in [0, 0.05) is 43.5 Å². The number of aromatic nitrogens is 1. The van der Waals surface area contributed by atoms with Crippen molar-refractivity contribution in [2.24, 2.45) is 0 Å². The molecule has 2 saturated heterocycles. The highest BCUT2D eigenvalue weighted by molar-refractivity contribution is 7.89. The molecular weight excluding hydrogens is 388 g/mol. The second-order valence-electron chi connectivity index (χ2n) is 8.06. The van der Waals surface area contributed by atoms with Gasteiger partial charge >= 0.3 is 0 Å². The van der Waals surface area contributed by atoms with Crippen LogP contribution in [0.15, 0.2) is 30.5 Å². The maximum absolute atomic E-state index is 12.8. The predicted octanol–water partition coefficient (Wildman–Crippen LogP) is 2.13. The van der Waals surface area contributed by atoms with E-state index in [0.717, 1.165) is 30.5 Å². The molecule has 2 aliphatic rings. The maximum Gasteiger partial charge on any atom is 0.254 e. The predicted molar refractivity (Wildman–Crippen MR) is 114 cm³/mol. The van der Waals surface area contributed by atoms with Crippen molar-refractivity contribution in [1.82, 2.24) is 19.1 Å². The molecule has 7 nitrogen and oxygen atoms in total. The average molecular weight is 419 g/mol. The maximum atomic E-state index is 12.8. The zero-order chi connectivity index (χ0) is 20.4. The Balaban J connectivity index is 1.39. The summed E-state index contributed by atoms with van der Waals surface area (Å²) >= 11 is 0. The summed E-state index contributed by atoms with van der Waals surface area (Å²) in [5.74, 6) is 0.0589. The van der Waals surface area contributed by atoms with E-state index in [-0.39, 0.29) is 17.7 Å². The number of H-pyrrole nitrogens is 1. The van der Waals surface area contributed by atoms with Crippen molar-refractivity contribution < 1.29 is 13.2 Å². The van der Waals surface area contributed by atoms with E-state index in [1.807, 2.05) is 30.5 Å². The van der Waals surface area contributed by atoms with Crippen LogP contribution in [-0.2, 0) is 10.0 Å². The summed E-state index contributed by atoms with van der Waals surface area (Å²) in [6, 6.07) is 7.48. The van der Waals surface area contributed by atoms with Crippen molar-refractivity contribution in [2.45, 2.75) is 32.2 Å². The number of carbonyl (C=O) groups excluding carboxylic acids is 1. The monoisotopic (exact) mass is 418 g/mol. The van der Waals surface area contributed by atoms with Gasteiger partial charge in [0.05, 0.1) is 11.8 Å². The number of nitrogens with one attached hydrogen (secondary N) is 1. The Bertz CT molecular complexity index is 959. The minimum Gasteiger partial charge on any atom is -0.361 e. The van der Waals surface area contributed by atoms with Crippen molar-refractivity contribution >= 4 is 26.8 Å². The molecule has 0 unspecified atom stereocenters. The number of hydrogen-bond donors (Lipinski definition) is 1. The van der Waals surface area contributed by atoms with E-state index in [0.29, 0.717) is 25.2 Å². The van der Waals surface area contributed by atoms with Gasteiger partial charge in [0.25, 0.3) is 5.91 Å². The van der Waals surface area contributed by atoms with Crippen molar-refractivity contribution in [1.29, 1.82) is 0 Å². The molecule has 1 aromatic carbocycles. The molecular formula is C21H30N4O3S. The van der Waals surface area contributed by atoms with E-state index < -0.39 is 10.0 Å². The van der Waals surface area contributed by atoms with Crippen LogP contribution in [0.5, 0.6) is 0 Å². The highest BCUT2D eigenvalue weighted by Crippen LogP contribution is 2.23. The SMILES string of the molecule is CCS(=O)(=O)N(CCN1CCCCC1)C1CN(C(=O)c2ccc3cc[nH]c3c2)C1. The first-order valence-corrected chi connectivity index (χ1v) is 12.2. The smallest absolute Gasteiger partial charge is 0.254 e. The van der Waals surface area contributed by atoms with Gasteiger partial charge < -0.3 is 14.8 Å². The molecule has 2 aliphatic heterocycles. The zero-order valence-corrected chi connectivity index (χ0v) is 17.8. The van der Waals surface area contributed by atoms with Gasteiger partial charge in [-0.05, 0) is 56.4 Å². The van der Waals surface area contributed by atoms with Gasteiger partial charge in [-0.2, -0.15) is 4.31 Å². The number of sulfonamides is 1. The van der Waals surface area contributed by atoms with Gasteiger partial charge in [-0.3, -0.25) is 4.79 Å². The van der Waals surface area contributed by atoms with Gasteiger partial charge in [0.15, 0.2) is 0 Å². The van der Waals surface area contributed by atoms with Crippen LogP contribution in [0.1, 0.15) is 36.5 Å². The van der Waals surface area contributed by atoms with E-state index >= 15 is 0 Å². The van der Waals surface area contributed by atoms with Gasteiger partial charge in [-0.1, -0.05) is 12.5 Å². The molecule has 0 saturated carbocycles. The first kappa shape index (κ1) is 20.4. The summed E-state index contributed by atoms with van der Waals surface area (Å²) in [5, 5.41) is 1.07. The second kappa shape index (κ2) is 8.45. The van der Waals surface area contributed by atoms with E-state index in [4.69, 9.17) is 0 Å². The summed E-state index contributed by atoms with van der Waals surface area (Å²) < 4.78 is 27.0. The number of rotatable bonds is 7. The van der Waals surface area contributed by atoms with Crippen LogP contribution in [-0.4, -0.2) is 84.5 Å². The molecule has 1 N–H and O–H groups in total. The third-order valence-electron chi connectivity index (χ3n) is 6.17. The molecule has 158 valence electrons. The summed E-state index contributed by atoms with van der Waals surface area (Å²) in [6.07, 6.45) is 5.50. The zero-order valence-electron chi connectivity index (χ0n) is 17.0. The Morgan fingerprint density at radius 2 is 1.93 bits per heavy atom. The normalized spacial score (nSPS) is 19.0. The number of piperidine rings is 1. The van der Waals surface area contributed by atoms with Crippen molar-refractivity contribution in [3.05, 3.63) is 36.0 Å². The Kier molecular flexibility index (Phi) is 5.94. The lowest BCUT2D eigenvalue weighted by Gasteiger charge is -2.45. The van der Waals surface area contributed by atoms with Crippen LogP contribution in [0.2, 0.25) is 0 Å². The third kappa shape index (κ3) is 4.34. The molecule has 0 bridgehead atoms. The van der Waals surface area contributed by atoms with Crippen molar-refractivity contribution in [2.75, 3.05) is 45.0 Å². The van der Waals surface area contributed by atoms with Gasteiger partial charge in [0.1, 0.15) is 0 Å². The molecule has 4 rings (SSSR count). The molecule has 0 aliphatic carbocycles. The molecule has 0 atom stereocenters. The van der Waals surface area contributed by atoms with E-state index in [1.165, 1.54) is 19.3 Å². The second-order valence-corrected chi connectivity index (χ2v) is 10.3. The minimum atomic E-state index is -3.29. The Morgan fingerprint density at radius 3 is 2.66 bits per heavy atom. The van der Waals surface area contributed by atoms with Crippen LogP contribution in [0.3, 0.4) is 0 Å². The highest BCUT2D eigenvalue weighted by Gasteiger charge is 2.39. The van der Waals surface area contributed by atoms with E-state index in [2.05, 4.69) is 9.88 Å². The average Bonchev–Trinajstić information content (AvgIpc) is 3.17. The minimum absolute atomic E-state index is 0.0392. The standard InChI is InChI=1S/C21H30N4O3S/c1-2-29(27,28)25(13-12-23-10-4-3-5-11-23)19-15-24(16-19)21(26)18-7-6-17-8-9-22-20(17)14-18/h6-9,14,19,22H,2-5,10-13,15-16H2,1H3. The molecule has 0 spiro atoms. The number of aromatic amines is 1. The van der Waals surface area contributed by atoms with Crippen LogP contribution in [0, 0.1) is 0 Å². The van der Waals surface area contributed by atoms with Crippen LogP contribution >= 0.6 is 0 Å². The Labute approximate surface area is 172 Å². The summed E-state index contributed by atoms with van der Waals surface area (Å²) in [7, 11) is -3.29. The lowest BCUT2D eigenvalue weighted by molar-refractivity contribution is 0.0436. The number of likely N-dealkylation sites (tertiary alicyclic amines) is 2. The van der Waals surface area contributed by atoms with E-state index in [1.54, 1.807) is 16.1 Å². The van der Waals surface area contributed by atoms with Gasteiger partial charge in [0.2, 0.25) is 10.0 Å². The fourth-order valence-corrected chi connectivity index (χ4v) is 5.58. The molecule has 0 radical (unpaired) electrons. The number of fused-ring (bicyclic) bond motifs is 1. The molecule has 2 aromatic rings. The first-order chi connectivity index (χ1) is 14.0. The fraction of sp³-hybridized carbons (Fsp3) is 0.571. The summed E-state index contributed by atoms with van der Waals surface area (Å²) in [6.45, 7) is 6.00. The quantitative estimate of drug-likeness (QED) is 0.747. The first-order valence-electron chi connectivity index (χ1n) is 10.6. The number of carbonyl (C=O) groups is 1. The third-order valence-corrected chi connectivity index (χ3v) is 8.09. The molecule has 29 heavy (non-hydrogen) atoms. The van der Waals surface area contributed by atoms with Crippen LogP contribution < -0.4 is 0 Å². The summed E-state index contributed by atoms with van der Waals surface area (Å²) in [5.41, 5.74) is 1.57. The largest absolute Gasteiger partial charge is 0.361 e. The molecule has 1 amide bonds. The van der Waals surface area contributed by atoms with Gasteiger partial charge in [-0.15, -0.1) is 0 Å². The lowest BCUT2D eigenvalue weighted by atomic mass is 10.1. The number of hydrogen-bond acceptors (Lipinski definition) is 4. The Hall–Kier alpha value is -1.90. The highest BCUT2D eigenvalue weighted by atomic mass is 32.2. The topological polar surface area (TPSA) is 76.7 Å². The van der Waals surface area contributed by atoms with E-state index in [9.17, 15) is 13.2 Å². The van der Waals surface area contributed by atoms with Gasteiger partial charge in [-0.25, -0.2) is 8.42 Å². The van der Waals surface area contributed by atoms with Crippen molar-refractivity contribution in [3.63, 3.8) is 0 Å². The van der Waals surface area contributed by atoms with Crippen molar-refractivity contribution in [3.8, 4) is 0 Å². The number of benzene rings is 1. The molecule has 1 aromatic heterocycles. The van der Waals surface area contributed by atoms with Crippen LogP contribution in [0.4, 0.5) is 0 Å². The summed E-state index contributed by atoms with van der Waals surface area (Å²) in [4.78, 5) is 20.1. The molecule has 8 heteroatoms. The molecule has 3 heterocycles. The number of nitrogens with zero attached hydrogens (tertiary/aromatic N) is 3.